The van der Waals surface area contributed by atoms with Gasteiger partial charge in [0.2, 0.25) is 0 Å². The summed E-state index contributed by atoms with van der Waals surface area (Å²) in [5.74, 6) is 0. The van der Waals surface area contributed by atoms with E-state index >= 15 is 0 Å². The third-order valence-corrected chi connectivity index (χ3v) is 23.2. The van der Waals surface area contributed by atoms with Crippen LogP contribution in [0.15, 0.2) is 437 Å². The average molecular weight is 1450 g/mol. The summed E-state index contributed by atoms with van der Waals surface area (Å²) in [7, 11) is 0. The van der Waals surface area contributed by atoms with Crippen molar-refractivity contribution in [3.63, 3.8) is 0 Å². The Hall–Kier alpha value is -14.8. The van der Waals surface area contributed by atoms with Gasteiger partial charge in [-0.3, -0.25) is 0 Å². The van der Waals surface area contributed by atoms with Crippen LogP contribution in [-0.2, 0) is 0 Å². The number of hydrogen-bond acceptors (Lipinski definition) is 2. The Balaban J connectivity index is 0.701. The number of allylic oxidation sites excluding steroid dienone is 4. The molecule has 2 aromatic heterocycles. The molecule has 4 nitrogen and oxygen atoms in total. The van der Waals surface area contributed by atoms with Crippen LogP contribution in [0, 0.1) is 0 Å². The minimum atomic E-state index is 0.995. The molecule has 0 fully saturated rings. The van der Waals surface area contributed by atoms with Crippen LogP contribution in [0.25, 0.3) is 154 Å². The zero-order valence-electron chi connectivity index (χ0n) is 62.8. The molecule has 0 aliphatic heterocycles. The maximum absolute atomic E-state index is 2.48. The van der Waals surface area contributed by atoms with Gasteiger partial charge in [0.25, 0.3) is 0 Å². The zero-order valence-corrected chi connectivity index (χ0v) is 62.8. The van der Waals surface area contributed by atoms with Gasteiger partial charge in [-0.05, 0) is 223 Å². The summed E-state index contributed by atoms with van der Waals surface area (Å²) in [5.41, 5.74) is 32.6. The summed E-state index contributed by atoms with van der Waals surface area (Å²) in [6, 6.07) is 156. The lowest BCUT2D eigenvalue weighted by atomic mass is 9.87. The number of hydrogen-bond donors (Lipinski definition) is 0. The fraction of sp³-hybridized carbons (Fsp3) is 0.0182. The van der Waals surface area contributed by atoms with Gasteiger partial charge in [-0.25, -0.2) is 0 Å². The average Bonchev–Trinajstić information content (AvgIpc) is 1.31. The molecule has 2 heterocycles. The van der Waals surface area contributed by atoms with Crippen molar-refractivity contribution in [2.75, 3.05) is 9.80 Å². The highest BCUT2D eigenvalue weighted by Gasteiger charge is 2.28. The van der Waals surface area contributed by atoms with Crippen LogP contribution in [0.4, 0.5) is 34.1 Å². The molecule has 0 N–H and O–H groups in total. The molecular formula is C110H76N4. The summed E-state index contributed by atoms with van der Waals surface area (Å²) in [6.45, 7) is 0. The second-order valence-corrected chi connectivity index (χ2v) is 29.7. The Morgan fingerprint density at radius 1 is 0.202 bits per heavy atom. The van der Waals surface area contributed by atoms with Crippen LogP contribution >= 0.6 is 0 Å². The molecule has 4 heteroatoms. The van der Waals surface area contributed by atoms with Gasteiger partial charge >= 0.3 is 0 Å². The molecule has 0 radical (unpaired) electrons. The Labute approximate surface area is 663 Å². The molecule has 0 spiro atoms. The summed E-state index contributed by atoms with van der Waals surface area (Å²) >= 11 is 0. The van der Waals surface area contributed by atoms with E-state index in [-0.39, 0.29) is 0 Å². The van der Waals surface area contributed by atoms with E-state index < -0.39 is 0 Å². The Morgan fingerprint density at radius 3 is 0.798 bits per heavy atom. The van der Waals surface area contributed by atoms with Crippen LogP contribution in [0.3, 0.4) is 0 Å². The number of benzene rings is 18. The quantitative estimate of drug-likeness (QED) is 0.0708. The fourth-order valence-electron chi connectivity index (χ4n) is 18.0. The SMILES string of the molecule is C1=CC(c2ccc3c(c2)c2cc(-c4ccccc4-c4ccccc4)ccc2n3-c2ccc(N(c3ccccc3)c3c4ccccc4c(N(c4ccccc4)c4ccc(-n5c6ccc(-c7ccccc7-c7ccccc7)cc6c6cc(-c7ccccc7-c7ccccc7)ccc65)cc4)c4ccccc34)cc2)=C(c2ccccc2)CC1. The van der Waals surface area contributed by atoms with Gasteiger partial charge in [-0.15, -0.1) is 0 Å². The van der Waals surface area contributed by atoms with Crippen molar-refractivity contribution >= 4 is 110 Å². The number of fused-ring (bicyclic) bond motifs is 8. The molecule has 0 saturated heterocycles. The number of nitrogens with zero attached hydrogens (tertiary/aromatic N) is 4. The molecule has 0 bridgehead atoms. The van der Waals surface area contributed by atoms with Crippen molar-refractivity contribution in [2.24, 2.45) is 0 Å². The molecule has 21 rings (SSSR count). The molecule has 1 aliphatic rings. The van der Waals surface area contributed by atoms with Gasteiger partial charge in [0.15, 0.2) is 0 Å². The van der Waals surface area contributed by atoms with E-state index in [2.05, 4.69) is 456 Å². The second-order valence-electron chi connectivity index (χ2n) is 29.7. The smallest absolute Gasteiger partial charge is 0.0619 e. The normalized spacial score (nSPS) is 12.2. The van der Waals surface area contributed by atoms with Crippen molar-refractivity contribution in [3.05, 3.63) is 448 Å². The third kappa shape index (κ3) is 11.9. The van der Waals surface area contributed by atoms with E-state index in [1.54, 1.807) is 0 Å². The first-order valence-corrected chi connectivity index (χ1v) is 39.5. The van der Waals surface area contributed by atoms with Gasteiger partial charge in [-0.1, -0.05) is 315 Å². The topological polar surface area (TPSA) is 16.3 Å². The predicted molar refractivity (Wildman–Crippen MR) is 484 cm³/mol. The summed E-state index contributed by atoms with van der Waals surface area (Å²) in [5, 5.41) is 9.29. The summed E-state index contributed by atoms with van der Waals surface area (Å²) in [6.07, 6.45) is 6.70. The molecule has 18 aromatic carbocycles. The lowest BCUT2D eigenvalue weighted by Crippen LogP contribution is -2.14. The molecular weight excluding hydrogens is 1380 g/mol. The molecule has 536 valence electrons. The van der Waals surface area contributed by atoms with Gasteiger partial charge in [0, 0.05) is 77.2 Å². The maximum atomic E-state index is 2.48. The van der Waals surface area contributed by atoms with Crippen LogP contribution in [0.2, 0.25) is 0 Å². The van der Waals surface area contributed by atoms with Crippen molar-refractivity contribution < 1.29 is 0 Å². The second kappa shape index (κ2) is 28.9. The monoisotopic (exact) mass is 1450 g/mol. The van der Waals surface area contributed by atoms with Gasteiger partial charge in [0.1, 0.15) is 0 Å². The molecule has 20 aromatic rings. The van der Waals surface area contributed by atoms with Crippen LogP contribution in [0.5, 0.6) is 0 Å². The Kier molecular flexibility index (Phi) is 17.0. The minimum absolute atomic E-state index is 0.995. The van der Waals surface area contributed by atoms with Crippen molar-refractivity contribution in [2.45, 2.75) is 12.8 Å². The van der Waals surface area contributed by atoms with Crippen molar-refractivity contribution in [1.82, 2.24) is 9.13 Å². The molecule has 0 unspecified atom stereocenters. The van der Waals surface area contributed by atoms with E-state index in [0.29, 0.717) is 0 Å². The van der Waals surface area contributed by atoms with E-state index in [1.165, 1.54) is 111 Å². The van der Waals surface area contributed by atoms with Crippen molar-refractivity contribution in [1.29, 1.82) is 0 Å². The number of rotatable bonds is 16. The van der Waals surface area contributed by atoms with E-state index in [1.807, 2.05) is 0 Å². The van der Waals surface area contributed by atoms with E-state index in [4.69, 9.17) is 0 Å². The standard InChI is InChI=1S/C110H76N4/c1-7-31-75(32-8-1)89-43-19-23-47-93(89)79-55-67-105-101(71-79)102-72-80(94-48-24-20-44-90(94)76-33-9-2-10-34-76)56-68-106(102)113(105)87-63-59-85(60-64-87)111(83-39-15-5-16-40-83)109-97-51-27-29-53-99(97)110(100-54-30-28-52-98(100)109)112(84-41-17-6-18-42-84)86-61-65-88(66-62-86)114-107-69-57-81(95-49-25-21-45-91(95)77-35-11-3-12-36-77)73-103(107)104-74-82(58-70-108(104)114)96-50-26-22-46-92(96)78-37-13-4-14-38-78/h1-21,23-45,47-74H,22,46H2. The van der Waals surface area contributed by atoms with Crippen LogP contribution in [0.1, 0.15) is 24.0 Å². The fourth-order valence-corrected chi connectivity index (χ4v) is 18.0. The minimum Gasteiger partial charge on any atom is -0.309 e. The number of aromatic nitrogens is 2. The molecule has 114 heavy (non-hydrogen) atoms. The number of para-hydroxylation sites is 2. The summed E-state index contributed by atoms with van der Waals surface area (Å²) in [4.78, 5) is 4.95. The van der Waals surface area contributed by atoms with Crippen LogP contribution in [-0.4, -0.2) is 9.13 Å². The Bertz CT molecular complexity index is 6900. The lowest BCUT2D eigenvalue weighted by Gasteiger charge is -2.33. The predicted octanol–water partition coefficient (Wildman–Crippen LogP) is 30.4. The first kappa shape index (κ1) is 67.3. The zero-order chi connectivity index (χ0) is 75.4. The first-order valence-electron chi connectivity index (χ1n) is 39.5. The Morgan fingerprint density at radius 2 is 0.465 bits per heavy atom. The highest BCUT2D eigenvalue weighted by molar-refractivity contribution is 6.24. The first-order chi connectivity index (χ1) is 56.6. The van der Waals surface area contributed by atoms with Crippen molar-refractivity contribution in [3.8, 4) is 78.1 Å². The molecule has 0 atom stereocenters. The van der Waals surface area contributed by atoms with Gasteiger partial charge in [0.05, 0.1) is 33.4 Å². The highest BCUT2D eigenvalue weighted by Crippen LogP contribution is 2.53. The largest absolute Gasteiger partial charge is 0.309 e. The van der Waals surface area contributed by atoms with E-state index in [9.17, 15) is 0 Å². The van der Waals surface area contributed by atoms with Crippen LogP contribution < -0.4 is 9.80 Å². The third-order valence-electron chi connectivity index (χ3n) is 23.2. The molecule has 1 aliphatic carbocycles. The highest BCUT2D eigenvalue weighted by atomic mass is 15.2. The summed E-state index contributed by atoms with van der Waals surface area (Å²) < 4.78 is 4.93. The van der Waals surface area contributed by atoms with Gasteiger partial charge < -0.3 is 18.9 Å². The maximum Gasteiger partial charge on any atom is 0.0619 e. The lowest BCUT2D eigenvalue weighted by molar-refractivity contribution is 1.06. The van der Waals surface area contributed by atoms with E-state index in [0.717, 1.165) is 102 Å². The van der Waals surface area contributed by atoms with Gasteiger partial charge in [-0.2, -0.15) is 0 Å². The number of anilines is 6. The molecule has 0 saturated carbocycles. The molecule has 0 amide bonds.